The highest BCUT2D eigenvalue weighted by atomic mass is 19.1. The Morgan fingerprint density at radius 3 is 2.41 bits per heavy atom. The number of carbonyl (C=O) groups excluding carboxylic acids is 2. The molecule has 0 aliphatic rings. The number of nitrogens with zero attached hydrogens (tertiary/aromatic N) is 2. The molecule has 0 spiro atoms. The molecule has 0 aliphatic heterocycles. The summed E-state index contributed by atoms with van der Waals surface area (Å²) in [5.74, 6) is -0.778. The molecule has 3 aromatic rings. The molecule has 2 amide bonds. The van der Waals surface area contributed by atoms with E-state index in [1.54, 1.807) is 32.2 Å². The number of anilines is 1. The van der Waals surface area contributed by atoms with Gasteiger partial charge in [-0.15, -0.1) is 0 Å². The Kier molecular flexibility index (Phi) is 6.07. The van der Waals surface area contributed by atoms with E-state index in [4.69, 9.17) is 0 Å². The third-order valence-corrected chi connectivity index (χ3v) is 4.57. The van der Waals surface area contributed by atoms with E-state index < -0.39 is 5.54 Å². The predicted molar refractivity (Wildman–Crippen MR) is 109 cm³/mol. The number of hydrogen-bond donors (Lipinski definition) is 2. The second kappa shape index (κ2) is 8.68. The van der Waals surface area contributed by atoms with Gasteiger partial charge in [-0.1, -0.05) is 42.5 Å². The fourth-order valence-corrected chi connectivity index (χ4v) is 2.78. The van der Waals surface area contributed by atoms with E-state index >= 15 is 0 Å². The normalized spacial score (nSPS) is 11.1. The Bertz CT molecular complexity index is 982. The Morgan fingerprint density at radius 1 is 1.03 bits per heavy atom. The molecule has 0 aliphatic carbocycles. The SMILES string of the molecule is CC(C)(C(=O)NCc1ccccc1)n1cc(NC(=O)Cc2ccc(F)cc2)cn1. The van der Waals surface area contributed by atoms with Crippen LogP contribution < -0.4 is 10.6 Å². The molecular formula is C22H23FN4O2. The van der Waals surface area contributed by atoms with Gasteiger partial charge in [-0.2, -0.15) is 5.10 Å². The zero-order valence-electron chi connectivity index (χ0n) is 16.4. The second-order valence-corrected chi connectivity index (χ2v) is 7.25. The van der Waals surface area contributed by atoms with Crippen LogP contribution in [-0.4, -0.2) is 21.6 Å². The van der Waals surface area contributed by atoms with Crippen molar-refractivity contribution in [2.45, 2.75) is 32.4 Å². The van der Waals surface area contributed by atoms with Gasteiger partial charge in [-0.25, -0.2) is 4.39 Å². The highest BCUT2D eigenvalue weighted by Gasteiger charge is 2.30. The van der Waals surface area contributed by atoms with Gasteiger partial charge >= 0.3 is 0 Å². The molecule has 0 radical (unpaired) electrons. The lowest BCUT2D eigenvalue weighted by Crippen LogP contribution is -2.44. The number of halogens is 1. The molecule has 7 heteroatoms. The van der Waals surface area contributed by atoms with Crippen molar-refractivity contribution in [3.63, 3.8) is 0 Å². The molecule has 0 atom stereocenters. The summed E-state index contributed by atoms with van der Waals surface area (Å²) in [6.07, 6.45) is 3.23. The lowest BCUT2D eigenvalue weighted by Gasteiger charge is -2.24. The van der Waals surface area contributed by atoms with Gasteiger partial charge in [-0.3, -0.25) is 14.3 Å². The van der Waals surface area contributed by atoms with Crippen LogP contribution in [0.5, 0.6) is 0 Å². The molecule has 1 heterocycles. The van der Waals surface area contributed by atoms with Crippen molar-refractivity contribution in [3.05, 3.63) is 83.9 Å². The number of hydrogen-bond acceptors (Lipinski definition) is 3. The first-order valence-electron chi connectivity index (χ1n) is 9.26. The van der Waals surface area contributed by atoms with Crippen LogP contribution >= 0.6 is 0 Å². The summed E-state index contributed by atoms with van der Waals surface area (Å²) in [6, 6.07) is 15.4. The van der Waals surface area contributed by atoms with Crippen molar-refractivity contribution in [2.24, 2.45) is 0 Å². The maximum Gasteiger partial charge on any atom is 0.247 e. The van der Waals surface area contributed by atoms with Gasteiger partial charge in [-0.05, 0) is 37.1 Å². The van der Waals surface area contributed by atoms with Gasteiger partial charge in [0.1, 0.15) is 11.4 Å². The zero-order chi connectivity index (χ0) is 20.9. The topological polar surface area (TPSA) is 76.0 Å². The molecule has 150 valence electrons. The lowest BCUT2D eigenvalue weighted by atomic mass is 10.0. The number of benzene rings is 2. The molecule has 6 nitrogen and oxygen atoms in total. The van der Waals surface area contributed by atoms with Gasteiger partial charge in [0, 0.05) is 12.7 Å². The summed E-state index contributed by atoms with van der Waals surface area (Å²) in [5.41, 5.74) is 1.26. The molecular weight excluding hydrogens is 371 g/mol. The molecule has 2 N–H and O–H groups in total. The monoisotopic (exact) mass is 394 g/mol. The third-order valence-electron chi connectivity index (χ3n) is 4.57. The van der Waals surface area contributed by atoms with Crippen molar-refractivity contribution >= 4 is 17.5 Å². The summed E-state index contributed by atoms with van der Waals surface area (Å²) >= 11 is 0. The van der Waals surface area contributed by atoms with E-state index in [2.05, 4.69) is 15.7 Å². The summed E-state index contributed by atoms with van der Waals surface area (Å²) < 4.78 is 14.5. The van der Waals surface area contributed by atoms with Crippen molar-refractivity contribution in [1.29, 1.82) is 0 Å². The smallest absolute Gasteiger partial charge is 0.247 e. The first kappa shape index (κ1) is 20.3. The number of aromatic nitrogens is 2. The van der Waals surface area contributed by atoms with Gasteiger partial charge < -0.3 is 10.6 Å². The van der Waals surface area contributed by atoms with E-state index in [1.165, 1.54) is 23.0 Å². The number of rotatable bonds is 7. The Hall–Kier alpha value is -3.48. The van der Waals surface area contributed by atoms with E-state index in [0.29, 0.717) is 17.8 Å². The molecule has 0 saturated carbocycles. The standard InChI is InChI=1S/C22H23FN4O2/c1-22(2,21(29)24-13-17-6-4-3-5-7-17)27-15-19(14-25-27)26-20(28)12-16-8-10-18(23)11-9-16/h3-11,14-15H,12-13H2,1-2H3,(H,24,29)(H,26,28). The van der Waals surface area contributed by atoms with Crippen LogP contribution in [0.1, 0.15) is 25.0 Å². The number of amides is 2. The average Bonchev–Trinajstić information content (AvgIpc) is 3.18. The quantitative estimate of drug-likeness (QED) is 0.646. The number of carbonyl (C=O) groups is 2. The van der Waals surface area contributed by atoms with Crippen LogP contribution in [0.4, 0.5) is 10.1 Å². The van der Waals surface area contributed by atoms with Crippen molar-refractivity contribution < 1.29 is 14.0 Å². The Labute approximate surface area is 168 Å². The zero-order valence-corrected chi connectivity index (χ0v) is 16.4. The van der Waals surface area contributed by atoms with Crippen LogP contribution in [-0.2, 0) is 28.1 Å². The minimum absolute atomic E-state index is 0.117. The molecule has 0 unspecified atom stereocenters. The van der Waals surface area contributed by atoms with E-state index in [-0.39, 0.29) is 24.1 Å². The molecule has 2 aromatic carbocycles. The predicted octanol–water partition coefficient (Wildman–Crippen LogP) is 3.25. The van der Waals surface area contributed by atoms with Crippen LogP contribution in [0.25, 0.3) is 0 Å². The molecule has 1 aromatic heterocycles. The van der Waals surface area contributed by atoms with Crippen LogP contribution in [0, 0.1) is 5.82 Å². The Morgan fingerprint density at radius 2 is 1.72 bits per heavy atom. The van der Waals surface area contributed by atoms with Gasteiger partial charge in [0.25, 0.3) is 0 Å². The lowest BCUT2D eigenvalue weighted by molar-refractivity contribution is -0.129. The highest BCUT2D eigenvalue weighted by Crippen LogP contribution is 2.18. The largest absolute Gasteiger partial charge is 0.350 e. The van der Waals surface area contributed by atoms with Gasteiger partial charge in [0.15, 0.2) is 0 Å². The van der Waals surface area contributed by atoms with Crippen LogP contribution in [0.15, 0.2) is 67.0 Å². The fraction of sp³-hybridized carbons (Fsp3) is 0.227. The molecule has 29 heavy (non-hydrogen) atoms. The molecule has 3 rings (SSSR count). The van der Waals surface area contributed by atoms with Crippen molar-refractivity contribution in [1.82, 2.24) is 15.1 Å². The highest BCUT2D eigenvalue weighted by molar-refractivity contribution is 5.92. The fourth-order valence-electron chi connectivity index (χ4n) is 2.78. The van der Waals surface area contributed by atoms with Crippen molar-refractivity contribution in [3.8, 4) is 0 Å². The summed E-state index contributed by atoms with van der Waals surface area (Å²) in [6.45, 7) is 3.93. The maximum atomic E-state index is 13.0. The average molecular weight is 394 g/mol. The minimum Gasteiger partial charge on any atom is -0.350 e. The van der Waals surface area contributed by atoms with Crippen molar-refractivity contribution in [2.75, 3.05) is 5.32 Å². The van der Waals surface area contributed by atoms with Gasteiger partial charge in [0.05, 0.1) is 18.3 Å². The minimum atomic E-state index is -0.936. The van der Waals surface area contributed by atoms with Gasteiger partial charge in [0.2, 0.25) is 11.8 Å². The summed E-state index contributed by atoms with van der Waals surface area (Å²) in [5, 5.41) is 9.88. The molecule has 0 fully saturated rings. The third kappa shape index (κ3) is 5.28. The first-order valence-corrected chi connectivity index (χ1v) is 9.26. The van der Waals surface area contributed by atoms with E-state index in [1.807, 2.05) is 30.3 Å². The molecule has 0 saturated heterocycles. The summed E-state index contributed by atoms with van der Waals surface area (Å²) in [4.78, 5) is 24.8. The van der Waals surface area contributed by atoms with Crippen LogP contribution in [0.2, 0.25) is 0 Å². The van der Waals surface area contributed by atoms with E-state index in [9.17, 15) is 14.0 Å². The first-order chi connectivity index (χ1) is 13.8. The summed E-state index contributed by atoms with van der Waals surface area (Å²) in [7, 11) is 0. The van der Waals surface area contributed by atoms with Crippen LogP contribution in [0.3, 0.4) is 0 Å². The van der Waals surface area contributed by atoms with E-state index in [0.717, 1.165) is 5.56 Å². The second-order valence-electron chi connectivity index (χ2n) is 7.25. The number of nitrogens with one attached hydrogen (secondary N) is 2. The molecule has 0 bridgehead atoms. The Balaban J connectivity index is 1.59. The maximum absolute atomic E-state index is 13.0.